The van der Waals surface area contributed by atoms with Gasteiger partial charge in [0.25, 0.3) is 0 Å². The van der Waals surface area contributed by atoms with Gasteiger partial charge in [-0.15, -0.1) is 5.10 Å². The maximum absolute atomic E-state index is 14.2. The van der Waals surface area contributed by atoms with E-state index in [-0.39, 0.29) is 11.2 Å². The van der Waals surface area contributed by atoms with Crippen LogP contribution < -0.4 is 5.69 Å². The topological polar surface area (TPSA) is 52.2 Å². The summed E-state index contributed by atoms with van der Waals surface area (Å²) in [5.41, 5.74) is 2.03. The fourth-order valence-corrected chi connectivity index (χ4v) is 3.91. The number of hydrogen-bond donors (Lipinski definition) is 0. The standard InChI is InChI=1S/C24H13Cl2F3N4O/c25-16-6-1-13(2-7-16)18-11-30-33-23(20(18)14-3-8-17(26)9-4-14)31-32(24(33)34)12-15-5-10-19(27)22(29)21(15)28/h1-11H,12H2. The molecule has 0 aliphatic carbocycles. The van der Waals surface area contributed by atoms with Gasteiger partial charge in [-0.2, -0.15) is 9.61 Å². The summed E-state index contributed by atoms with van der Waals surface area (Å²) in [5.74, 6) is -4.31. The Kier molecular flexibility index (Phi) is 5.63. The van der Waals surface area contributed by atoms with E-state index < -0.39 is 29.7 Å². The van der Waals surface area contributed by atoms with Gasteiger partial charge in [-0.1, -0.05) is 53.5 Å². The van der Waals surface area contributed by atoms with Crippen molar-refractivity contribution < 1.29 is 13.2 Å². The molecule has 0 N–H and O–H groups in total. The van der Waals surface area contributed by atoms with Crippen LogP contribution in [0.2, 0.25) is 10.0 Å². The van der Waals surface area contributed by atoms with E-state index in [2.05, 4.69) is 10.2 Å². The molecule has 0 unspecified atom stereocenters. The molecule has 0 aliphatic rings. The first-order valence-electron chi connectivity index (χ1n) is 9.96. The number of hydrogen-bond acceptors (Lipinski definition) is 3. The molecule has 170 valence electrons. The summed E-state index contributed by atoms with van der Waals surface area (Å²) >= 11 is 12.1. The lowest BCUT2D eigenvalue weighted by atomic mass is 9.97. The van der Waals surface area contributed by atoms with Crippen LogP contribution in [0.25, 0.3) is 27.9 Å². The number of aromatic nitrogens is 4. The molecule has 0 saturated carbocycles. The molecule has 0 bridgehead atoms. The summed E-state index contributed by atoms with van der Waals surface area (Å²) in [5, 5.41) is 9.68. The minimum atomic E-state index is -1.61. The van der Waals surface area contributed by atoms with Crippen molar-refractivity contribution in [2.45, 2.75) is 6.54 Å². The van der Waals surface area contributed by atoms with E-state index in [1.54, 1.807) is 48.5 Å². The lowest BCUT2D eigenvalue weighted by Gasteiger charge is -2.11. The van der Waals surface area contributed by atoms with Crippen LogP contribution in [0.1, 0.15) is 5.56 Å². The van der Waals surface area contributed by atoms with E-state index in [1.165, 1.54) is 6.20 Å². The van der Waals surface area contributed by atoms with E-state index in [0.717, 1.165) is 26.9 Å². The minimum Gasteiger partial charge on any atom is -0.244 e. The molecule has 3 aromatic carbocycles. The molecule has 5 aromatic rings. The molecule has 0 atom stereocenters. The number of fused-ring (bicyclic) bond motifs is 1. The second-order valence-corrected chi connectivity index (χ2v) is 8.33. The van der Waals surface area contributed by atoms with Crippen molar-refractivity contribution in [3.63, 3.8) is 0 Å². The number of benzene rings is 3. The highest BCUT2D eigenvalue weighted by atomic mass is 35.5. The highest BCUT2D eigenvalue weighted by Gasteiger charge is 2.20. The molecular weight excluding hydrogens is 488 g/mol. The number of rotatable bonds is 4. The van der Waals surface area contributed by atoms with Gasteiger partial charge in [-0.3, -0.25) is 0 Å². The van der Waals surface area contributed by atoms with Gasteiger partial charge in [-0.05, 0) is 41.5 Å². The molecule has 0 radical (unpaired) electrons. The van der Waals surface area contributed by atoms with Gasteiger partial charge < -0.3 is 0 Å². The lowest BCUT2D eigenvalue weighted by Crippen LogP contribution is -2.23. The smallest absolute Gasteiger partial charge is 0.244 e. The van der Waals surface area contributed by atoms with Crippen LogP contribution in [-0.4, -0.2) is 19.4 Å². The fourth-order valence-electron chi connectivity index (χ4n) is 3.66. The van der Waals surface area contributed by atoms with Crippen molar-refractivity contribution in [1.29, 1.82) is 0 Å². The zero-order chi connectivity index (χ0) is 24.0. The summed E-state index contributed by atoms with van der Waals surface area (Å²) in [7, 11) is 0. The molecular formula is C24H13Cl2F3N4O. The summed E-state index contributed by atoms with van der Waals surface area (Å²) in [6, 6.07) is 15.9. The van der Waals surface area contributed by atoms with Crippen molar-refractivity contribution >= 4 is 28.8 Å². The number of halogens is 5. The van der Waals surface area contributed by atoms with Crippen molar-refractivity contribution in [3.05, 3.63) is 110 Å². The Morgan fingerprint density at radius 3 is 2.06 bits per heavy atom. The largest absolute Gasteiger partial charge is 0.367 e. The Hall–Kier alpha value is -3.62. The quantitative estimate of drug-likeness (QED) is 0.284. The highest BCUT2D eigenvalue weighted by molar-refractivity contribution is 6.31. The molecule has 5 nitrogen and oxygen atoms in total. The van der Waals surface area contributed by atoms with Crippen LogP contribution in [0, 0.1) is 17.5 Å². The van der Waals surface area contributed by atoms with Crippen molar-refractivity contribution in [3.8, 4) is 22.3 Å². The highest BCUT2D eigenvalue weighted by Crippen LogP contribution is 2.35. The van der Waals surface area contributed by atoms with Crippen LogP contribution in [-0.2, 0) is 6.54 Å². The molecule has 0 amide bonds. The third-order valence-corrected chi connectivity index (χ3v) is 5.84. The Morgan fingerprint density at radius 1 is 0.794 bits per heavy atom. The molecule has 0 spiro atoms. The molecule has 2 aromatic heterocycles. The van der Waals surface area contributed by atoms with Gasteiger partial charge >= 0.3 is 5.69 Å². The van der Waals surface area contributed by atoms with Crippen molar-refractivity contribution in [2.75, 3.05) is 0 Å². The van der Waals surface area contributed by atoms with Crippen LogP contribution in [0.3, 0.4) is 0 Å². The molecule has 5 rings (SSSR count). The Morgan fingerprint density at radius 2 is 1.41 bits per heavy atom. The maximum Gasteiger partial charge on any atom is 0.367 e. The Bertz CT molecular complexity index is 1600. The maximum atomic E-state index is 14.2. The summed E-state index contributed by atoms with van der Waals surface area (Å²) in [6.45, 7) is -0.415. The molecule has 0 saturated heterocycles. The van der Waals surface area contributed by atoms with Gasteiger partial charge in [0, 0.05) is 26.7 Å². The van der Waals surface area contributed by atoms with Crippen LogP contribution >= 0.6 is 23.2 Å². The third kappa shape index (κ3) is 3.85. The first-order chi connectivity index (χ1) is 16.3. The first kappa shape index (κ1) is 22.2. The predicted molar refractivity (Wildman–Crippen MR) is 124 cm³/mol. The second kappa shape index (κ2) is 8.62. The van der Waals surface area contributed by atoms with Crippen molar-refractivity contribution in [1.82, 2.24) is 19.4 Å². The van der Waals surface area contributed by atoms with Gasteiger partial charge in [0.15, 0.2) is 23.1 Å². The monoisotopic (exact) mass is 500 g/mol. The zero-order valence-electron chi connectivity index (χ0n) is 17.1. The first-order valence-corrected chi connectivity index (χ1v) is 10.7. The summed E-state index contributed by atoms with van der Waals surface area (Å²) < 4.78 is 43.3. The Labute approximate surface area is 200 Å². The zero-order valence-corrected chi connectivity index (χ0v) is 18.7. The van der Waals surface area contributed by atoms with Gasteiger partial charge in [-0.25, -0.2) is 22.6 Å². The normalized spacial score (nSPS) is 11.3. The van der Waals surface area contributed by atoms with Crippen molar-refractivity contribution in [2.24, 2.45) is 0 Å². The van der Waals surface area contributed by atoms with E-state index in [0.29, 0.717) is 26.7 Å². The van der Waals surface area contributed by atoms with E-state index in [9.17, 15) is 18.0 Å². The Balaban J connectivity index is 1.73. The molecule has 0 fully saturated rings. The SMILES string of the molecule is O=c1n(Cc2ccc(F)c(F)c2F)nc2c(-c3ccc(Cl)cc3)c(-c3ccc(Cl)cc3)cnn12. The molecule has 34 heavy (non-hydrogen) atoms. The fraction of sp³-hybridized carbons (Fsp3) is 0.0417. The third-order valence-electron chi connectivity index (χ3n) is 5.34. The predicted octanol–water partition coefficient (Wildman–Crippen LogP) is 6.00. The van der Waals surface area contributed by atoms with Gasteiger partial charge in [0.05, 0.1) is 12.7 Å². The molecule has 0 aliphatic heterocycles. The van der Waals surface area contributed by atoms with Gasteiger partial charge in [0.2, 0.25) is 0 Å². The average Bonchev–Trinajstić information content (AvgIpc) is 3.15. The second-order valence-electron chi connectivity index (χ2n) is 7.46. The molecule has 2 heterocycles. The van der Waals surface area contributed by atoms with Gasteiger partial charge in [0.1, 0.15) is 0 Å². The van der Waals surface area contributed by atoms with Crippen LogP contribution in [0.4, 0.5) is 13.2 Å². The average molecular weight is 501 g/mol. The van der Waals surface area contributed by atoms with Crippen LogP contribution in [0.5, 0.6) is 0 Å². The minimum absolute atomic E-state index is 0.197. The van der Waals surface area contributed by atoms with E-state index in [4.69, 9.17) is 23.2 Å². The van der Waals surface area contributed by atoms with Crippen LogP contribution in [0.15, 0.2) is 71.7 Å². The lowest BCUT2D eigenvalue weighted by molar-refractivity contribution is 0.437. The summed E-state index contributed by atoms with van der Waals surface area (Å²) in [6.07, 6.45) is 1.52. The van der Waals surface area contributed by atoms with E-state index >= 15 is 0 Å². The summed E-state index contributed by atoms with van der Waals surface area (Å²) in [4.78, 5) is 13.0. The van der Waals surface area contributed by atoms with E-state index in [1.807, 2.05) is 0 Å². The number of nitrogens with zero attached hydrogens (tertiary/aromatic N) is 4. The molecule has 10 heteroatoms.